The van der Waals surface area contributed by atoms with Crippen molar-refractivity contribution in [2.24, 2.45) is 16.2 Å². The number of halogens is 9. The lowest BCUT2D eigenvalue weighted by Gasteiger charge is -2.37. The first-order valence-electron chi connectivity index (χ1n) is 40.4. The van der Waals surface area contributed by atoms with Crippen molar-refractivity contribution in [1.82, 2.24) is 55.7 Å². The molecule has 3 aliphatic heterocycles. The summed E-state index contributed by atoms with van der Waals surface area (Å²) in [6.45, 7) is 14.2. The van der Waals surface area contributed by atoms with Gasteiger partial charge in [-0.2, -0.15) is 42.0 Å². The van der Waals surface area contributed by atoms with Crippen molar-refractivity contribution in [3.05, 3.63) is 298 Å². The van der Waals surface area contributed by atoms with Gasteiger partial charge >= 0.3 is 15.6 Å². The first kappa shape index (κ1) is 84.0. The Labute approximate surface area is 709 Å². The number of pyridine rings is 3. The Bertz CT molecular complexity index is 6360. The first-order valence-corrected chi connectivity index (χ1v) is 41.8. The van der Waals surface area contributed by atoms with Crippen LogP contribution in [0, 0.1) is 51.1 Å². The number of furan rings is 3. The first-order chi connectivity index (χ1) is 59.6. The van der Waals surface area contributed by atoms with Crippen LogP contribution in [-0.2, 0) is 57.4 Å². The lowest BCUT2D eigenvalue weighted by molar-refractivity contribution is -0.194. The Morgan fingerprint density at radius 3 is 1.15 bits per heavy atom. The van der Waals surface area contributed by atoms with Gasteiger partial charge in [-0.1, -0.05) is 77.9 Å². The number of benzene rings is 3. The number of fused-ring (bicyclic) bond motifs is 15. The third-order valence-corrected chi connectivity index (χ3v) is 27.9. The average Bonchev–Trinajstić information content (AvgIpc) is 1.52. The molecule has 23 nitrogen and oxygen atoms in total. The topological polar surface area (TPSA) is 313 Å². The number of aliphatic hydroxyl groups is 3. The van der Waals surface area contributed by atoms with E-state index >= 15 is 0 Å². The Balaban J connectivity index is 0.000000117. The number of nitrogens with zero attached hydrogens (tertiary/aromatic N) is 11. The maximum Gasteiger partial charge on any atom is 0.534 e. The summed E-state index contributed by atoms with van der Waals surface area (Å²) < 4.78 is 183. The van der Waals surface area contributed by atoms with Gasteiger partial charge in [-0.05, 0) is 223 Å². The molecular weight excluding hydrogens is 1650 g/mol. The number of hydrogen-bond acceptors (Lipinski definition) is 23. The van der Waals surface area contributed by atoms with Crippen molar-refractivity contribution in [2.75, 3.05) is 39.6 Å². The highest BCUT2D eigenvalue weighted by Crippen LogP contribution is 2.72. The molecule has 13 aromatic rings. The van der Waals surface area contributed by atoms with Crippen LogP contribution in [0.25, 0.3) is 56.6 Å². The fraction of sp³-hybridized carbons (Fsp3) is 0.337. The summed E-state index contributed by atoms with van der Waals surface area (Å²) in [5.74, 6) is -3.09. The molecule has 22 rings (SSSR count). The van der Waals surface area contributed by atoms with Gasteiger partial charge in [-0.15, -0.1) is 20.4 Å². The van der Waals surface area contributed by atoms with E-state index in [9.17, 15) is 63.3 Å². The molecule has 3 aromatic carbocycles. The highest BCUT2D eigenvalue weighted by Gasteiger charge is 2.68. The molecule has 6 fully saturated rings. The zero-order chi connectivity index (χ0) is 87.8. The minimum atomic E-state index is -5.90. The molecule has 6 aliphatic carbocycles. The van der Waals surface area contributed by atoms with E-state index in [4.69, 9.17) is 33.0 Å². The normalized spacial score (nSPS) is 23.1. The smallest absolute Gasteiger partial charge is 0.473 e. The molecule has 3 saturated heterocycles. The van der Waals surface area contributed by atoms with E-state index in [2.05, 4.69) is 82.1 Å². The molecule has 9 aliphatic rings. The van der Waals surface area contributed by atoms with Crippen LogP contribution in [0.4, 0.5) is 39.5 Å². The van der Waals surface area contributed by atoms with Crippen LogP contribution in [0.2, 0.25) is 0 Å². The van der Waals surface area contributed by atoms with Gasteiger partial charge in [-0.25, -0.2) is 36.3 Å². The summed E-state index contributed by atoms with van der Waals surface area (Å²) >= 11 is 0. The molecule has 3 saturated carbocycles. The number of ether oxygens (including phenoxy) is 3. The molecule has 6 bridgehead atoms. The summed E-state index contributed by atoms with van der Waals surface area (Å²) in [5.41, 5.74) is -2.61. The van der Waals surface area contributed by atoms with E-state index in [-0.39, 0.29) is 94.5 Å². The van der Waals surface area contributed by atoms with Crippen LogP contribution in [0.1, 0.15) is 166 Å². The van der Waals surface area contributed by atoms with E-state index in [0.29, 0.717) is 77.4 Å². The van der Waals surface area contributed by atoms with Crippen LogP contribution in [0.3, 0.4) is 0 Å². The van der Waals surface area contributed by atoms with Gasteiger partial charge in [0.2, 0.25) is 5.88 Å². The second-order valence-electron chi connectivity index (χ2n) is 34.5. The molecule has 0 unspecified atom stereocenters. The molecule has 0 radical (unpaired) electrons. The molecule has 6 atom stereocenters. The van der Waals surface area contributed by atoms with Gasteiger partial charge in [0.15, 0.2) is 22.6 Å². The summed E-state index contributed by atoms with van der Waals surface area (Å²) in [5, 5.41) is 65.4. The van der Waals surface area contributed by atoms with Gasteiger partial charge in [-0.3, -0.25) is 4.98 Å². The molecule has 3 N–H and O–H groups in total. The van der Waals surface area contributed by atoms with Gasteiger partial charge in [0.05, 0.1) is 154 Å². The maximum atomic E-state index is 14.5. The van der Waals surface area contributed by atoms with Gasteiger partial charge in [0.1, 0.15) is 57.8 Å². The molecule has 33 heteroatoms. The second-order valence-corrected chi connectivity index (χ2v) is 36.1. The van der Waals surface area contributed by atoms with Crippen LogP contribution in [0.15, 0.2) is 208 Å². The van der Waals surface area contributed by atoms with Gasteiger partial charge in [0, 0.05) is 6.07 Å². The quantitative estimate of drug-likeness (QED) is 0.0548. The van der Waals surface area contributed by atoms with E-state index in [1.54, 1.807) is 67.3 Å². The lowest BCUT2D eigenvalue weighted by atomic mass is 9.66. The SMILES string of the molecule is CC1(C)[C@H]2CC[C@]1(c1cccc(-c3ccc(C4(O)COC4)nn3)n1)c1nnc(-c3c(F)cccc3F)cc12.CC1(C)[C@H]2CC[C@]1(c1cccc(-c3ccc(C4(O)COC4)o3)n1)c1nnc(-c3c(F)cccc3F)cc12.CC1(C)[C@H]2CC[C@]1(c1cccc(OS(=O)(=O)C(F)(F)F)n1)c1nnc(-c3c(F)cccc3F)cc12.OC1(c2ccco2)COC1.c1ccoc1. The molecule has 125 heavy (non-hydrogen) atoms. The number of alkyl halides is 3. The van der Waals surface area contributed by atoms with Crippen LogP contribution < -0.4 is 4.18 Å². The Hall–Kier alpha value is -11.9. The van der Waals surface area contributed by atoms with Crippen molar-refractivity contribution in [1.29, 1.82) is 0 Å². The molecule has 0 spiro atoms. The summed E-state index contributed by atoms with van der Waals surface area (Å²) in [6, 6.07) is 46.3. The van der Waals surface area contributed by atoms with Crippen LogP contribution in [-0.4, -0.2) is 125 Å². The van der Waals surface area contributed by atoms with Crippen molar-refractivity contribution in [3.8, 4) is 62.5 Å². The van der Waals surface area contributed by atoms with E-state index in [0.717, 1.165) is 77.8 Å². The van der Waals surface area contributed by atoms with Crippen molar-refractivity contribution >= 4 is 10.1 Å². The predicted octanol–water partition coefficient (Wildman–Crippen LogP) is 17.2. The zero-order valence-corrected chi connectivity index (χ0v) is 68.8. The average molecular weight is 1730 g/mol. The third kappa shape index (κ3) is 13.5. The fourth-order valence-corrected chi connectivity index (χ4v) is 20.7. The fourth-order valence-electron chi connectivity index (χ4n) is 20.3. The molecule has 10 aromatic heterocycles. The minimum absolute atomic E-state index is 0.0270. The van der Waals surface area contributed by atoms with Gasteiger partial charge < -0.3 is 47.0 Å². The predicted molar refractivity (Wildman–Crippen MR) is 430 cm³/mol. The number of rotatable bonds is 13. The molecule has 644 valence electrons. The van der Waals surface area contributed by atoms with Crippen molar-refractivity contribution < 1.29 is 94.9 Å². The maximum absolute atomic E-state index is 14.5. The van der Waals surface area contributed by atoms with E-state index < -0.39 is 94.9 Å². The lowest BCUT2D eigenvalue weighted by Crippen LogP contribution is -2.47. The summed E-state index contributed by atoms with van der Waals surface area (Å²) in [6.07, 6.45) is 9.47. The van der Waals surface area contributed by atoms with Crippen LogP contribution >= 0.6 is 0 Å². The van der Waals surface area contributed by atoms with E-state index in [1.807, 2.05) is 74.5 Å². The second kappa shape index (κ2) is 30.8. The van der Waals surface area contributed by atoms with Crippen LogP contribution in [0.5, 0.6) is 5.88 Å². The summed E-state index contributed by atoms with van der Waals surface area (Å²) in [7, 11) is -5.90. The minimum Gasteiger partial charge on any atom is -0.473 e. The van der Waals surface area contributed by atoms with Crippen molar-refractivity contribution in [3.63, 3.8) is 0 Å². The molecular formula is C92H80F9N11O12S. The molecule has 13 heterocycles. The Morgan fingerprint density at radius 2 is 0.776 bits per heavy atom. The third-order valence-electron chi connectivity index (χ3n) is 27.0. The Kier molecular flexibility index (Phi) is 20.7. The standard InChI is InChI=1S/C29H25F2N5O2.C29H25F2N3O3.C23H18F5N3O3S.C7H8O3.C4H4O/c1-27(2)17-11-12-29(27,26-16(17)13-22(34-36-26)25-18(30)5-3-6-19(25)31)24-8-4-7-20(32-24)21-9-10-23(35-33-21)28(37)14-38-15-28;1-27(2)17-11-12-29(27,26-16(17)13-21(33-34-26)25-18(30)5-3-6-19(25)31)23-8-4-7-20(32-23)22-9-10-24(37-22)28(35)14-36-15-28;1-21(2)13-9-10-22(21,17-7-4-8-18(29-17)34-35(32,33)23(26,27)28)20-12(13)11-16(30-31-20)19-14(24)5-3-6-15(19)25;8-7(4-9-5-7)6-2-1-3-10-6;1-2-4-5-3-1/h3-10,13,17,37H,11-12,14-15H2,1-2H3;3-10,13,17,35H,11-12,14-15H2,1-2H3;3-8,11,13H,9-10H2,1-2H3;1-3,8H,4-5H2;1-4H/t2*17-,29-;13-,22-;;/m000../s1. The summed E-state index contributed by atoms with van der Waals surface area (Å²) in [4.78, 5) is 14.2. The highest BCUT2D eigenvalue weighted by atomic mass is 32.2. The monoisotopic (exact) mass is 1730 g/mol. The van der Waals surface area contributed by atoms with Crippen molar-refractivity contribution in [2.45, 2.75) is 136 Å². The number of aromatic nitrogens is 11. The highest BCUT2D eigenvalue weighted by molar-refractivity contribution is 7.88. The molecule has 0 amide bonds. The zero-order valence-electron chi connectivity index (χ0n) is 67.9. The van der Waals surface area contributed by atoms with Gasteiger partial charge in [0.25, 0.3) is 0 Å². The number of hydrogen-bond donors (Lipinski definition) is 3. The largest absolute Gasteiger partial charge is 0.534 e. The van der Waals surface area contributed by atoms with E-state index in [1.165, 1.54) is 48.5 Å². The Morgan fingerprint density at radius 1 is 0.384 bits per heavy atom.